The molecular formula is C19H21NO3S. The molecule has 2 aromatic carbocycles. The number of rotatable bonds is 6. The summed E-state index contributed by atoms with van der Waals surface area (Å²) < 4.78 is 10.4. The van der Waals surface area contributed by atoms with E-state index in [1.165, 1.54) is 0 Å². The minimum absolute atomic E-state index is 0.0366. The highest BCUT2D eigenvalue weighted by Gasteiger charge is 2.48. The summed E-state index contributed by atoms with van der Waals surface area (Å²) in [5.41, 5.74) is 2.02. The van der Waals surface area contributed by atoms with Gasteiger partial charge in [0.1, 0.15) is 16.7 Å². The topological polar surface area (TPSA) is 38.8 Å². The number of methoxy groups -OCH3 is 2. The van der Waals surface area contributed by atoms with Crippen LogP contribution in [0.1, 0.15) is 18.5 Å². The maximum Gasteiger partial charge on any atom is 0.243 e. The number of β-lactam (4-membered cyclic amide) rings is 1. The van der Waals surface area contributed by atoms with Crippen LogP contribution < -0.4 is 14.4 Å². The van der Waals surface area contributed by atoms with Gasteiger partial charge < -0.3 is 14.4 Å². The zero-order chi connectivity index (χ0) is 17.1. The number of anilines is 1. The molecule has 1 amide bonds. The number of hydrogen-bond acceptors (Lipinski definition) is 4. The number of carbonyl (C=O) groups excluding carboxylic acids is 1. The first kappa shape index (κ1) is 16.7. The highest BCUT2D eigenvalue weighted by atomic mass is 32.2. The van der Waals surface area contributed by atoms with Gasteiger partial charge in [-0.05, 0) is 47.7 Å². The number of hydrogen-bond donors (Lipinski definition) is 0. The second kappa shape index (κ2) is 7.18. The SMILES string of the molecule is CCS[C@@H]1C(=O)N(c2ccc(OC)cc2)[C@@H]1c1ccc(OC)cc1. The van der Waals surface area contributed by atoms with Crippen molar-refractivity contribution < 1.29 is 14.3 Å². The van der Waals surface area contributed by atoms with Crippen LogP contribution in [-0.4, -0.2) is 31.1 Å². The molecule has 0 N–H and O–H groups in total. The van der Waals surface area contributed by atoms with Crippen molar-refractivity contribution in [2.24, 2.45) is 0 Å². The average molecular weight is 343 g/mol. The minimum Gasteiger partial charge on any atom is -0.497 e. The summed E-state index contributed by atoms with van der Waals surface area (Å²) in [6, 6.07) is 15.6. The molecule has 1 aliphatic heterocycles. The Bertz CT molecular complexity index is 700. The van der Waals surface area contributed by atoms with Crippen LogP contribution in [0, 0.1) is 0 Å². The molecule has 0 saturated carbocycles. The monoisotopic (exact) mass is 343 g/mol. The van der Waals surface area contributed by atoms with E-state index in [-0.39, 0.29) is 17.2 Å². The van der Waals surface area contributed by atoms with Gasteiger partial charge in [0, 0.05) is 5.69 Å². The lowest BCUT2D eigenvalue weighted by Crippen LogP contribution is -2.57. The van der Waals surface area contributed by atoms with Gasteiger partial charge in [0.25, 0.3) is 0 Å². The molecule has 0 spiro atoms. The second-order valence-electron chi connectivity index (χ2n) is 5.50. The molecule has 5 heteroatoms. The molecule has 4 nitrogen and oxygen atoms in total. The fraction of sp³-hybridized carbons (Fsp3) is 0.316. The summed E-state index contributed by atoms with van der Waals surface area (Å²) in [5, 5.41) is -0.0366. The van der Waals surface area contributed by atoms with Crippen LogP contribution in [0.2, 0.25) is 0 Å². The maximum atomic E-state index is 12.7. The van der Waals surface area contributed by atoms with Crippen molar-refractivity contribution >= 4 is 23.4 Å². The summed E-state index contributed by atoms with van der Waals surface area (Å²) in [5.74, 6) is 2.68. The molecule has 3 rings (SSSR count). The maximum absolute atomic E-state index is 12.7. The van der Waals surface area contributed by atoms with E-state index in [0.717, 1.165) is 28.5 Å². The van der Waals surface area contributed by atoms with Crippen molar-refractivity contribution in [3.63, 3.8) is 0 Å². The molecule has 1 fully saturated rings. The number of ether oxygens (including phenoxy) is 2. The lowest BCUT2D eigenvalue weighted by atomic mass is 9.92. The van der Waals surface area contributed by atoms with Gasteiger partial charge in [-0.15, -0.1) is 11.8 Å². The van der Waals surface area contributed by atoms with E-state index in [4.69, 9.17) is 9.47 Å². The predicted molar refractivity (Wildman–Crippen MR) is 98.1 cm³/mol. The van der Waals surface area contributed by atoms with Crippen LogP contribution in [0.4, 0.5) is 5.69 Å². The zero-order valence-electron chi connectivity index (χ0n) is 14.1. The normalized spacial score (nSPS) is 19.8. The van der Waals surface area contributed by atoms with Gasteiger partial charge in [0.15, 0.2) is 0 Å². The number of carbonyl (C=O) groups is 1. The number of thioether (sulfide) groups is 1. The summed E-state index contributed by atoms with van der Waals surface area (Å²) in [6.45, 7) is 2.08. The summed E-state index contributed by atoms with van der Waals surface area (Å²) in [6.07, 6.45) is 0. The molecule has 1 heterocycles. The van der Waals surface area contributed by atoms with E-state index in [1.54, 1.807) is 26.0 Å². The molecule has 0 aliphatic carbocycles. The first-order valence-corrected chi connectivity index (χ1v) is 8.97. The molecule has 2 atom stereocenters. The summed E-state index contributed by atoms with van der Waals surface area (Å²) >= 11 is 1.70. The van der Waals surface area contributed by atoms with Crippen molar-refractivity contribution in [2.75, 3.05) is 24.9 Å². The quantitative estimate of drug-likeness (QED) is 0.746. The van der Waals surface area contributed by atoms with Crippen LogP contribution in [0.15, 0.2) is 48.5 Å². The molecule has 0 bridgehead atoms. The van der Waals surface area contributed by atoms with Crippen LogP contribution in [0.3, 0.4) is 0 Å². The summed E-state index contributed by atoms with van der Waals surface area (Å²) in [4.78, 5) is 14.5. The Morgan fingerprint density at radius 1 is 0.958 bits per heavy atom. The van der Waals surface area contributed by atoms with Crippen LogP contribution >= 0.6 is 11.8 Å². The fourth-order valence-corrected chi connectivity index (χ4v) is 4.04. The van der Waals surface area contributed by atoms with Gasteiger partial charge in [0.2, 0.25) is 5.91 Å². The molecular weight excluding hydrogens is 322 g/mol. The number of benzene rings is 2. The van der Waals surface area contributed by atoms with E-state index in [0.29, 0.717) is 0 Å². The van der Waals surface area contributed by atoms with E-state index < -0.39 is 0 Å². The Kier molecular flexibility index (Phi) is 5.00. The molecule has 0 unspecified atom stereocenters. The Labute approximate surface area is 146 Å². The minimum atomic E-state index is -0.0366. The van der Waals surface area contributed by atoms with Gasteiger partial charge >= 0.3 is 0 Å². The highest BCUT2D eigenvalue weighted by molar-refractivity contribution is 8.00. The van der Waals surface area contributed by atoms with Gasteiger partial charge in [0.05, 0.1) is 20.3 Å². The Morgan fingerprint density at radius 3 is 2.00 bits per heavy atom. The lowest BCUT2D eigenvalue weighted by molar-refractivity contribution is -0.123. The average Bonchev–Trinajstić information content (AvgIpc) is 2.64. The third-order valence-corrected chi connectivity index (χ3v) is 5.35. The molecule has 0 radical (unpaired) electrons. The fourth-order valence-electron chi connectivity index (χ4n) is 2.96. The smallest absolute Gasteiger partial charge is 0.243 e. The first-order chi connectivity index (χ1) is 11.7. The van der Waals surface area contributed by atoms with Gasteiger partial charge in [-0.2, -0.15) is 0 Å². The van der Waals surface area contributed by atoms with E-state index in [2.05, 4.69) is 6.92 Å². The van der Waals surface area contributed by atoms with Gasteiger partial charge in [-0.1, -0.05) is 19.1 Å². The summed E-state index contributed by atoms with van der Waals surface area (Å²) in [7, 11) is 3.29. The Balaban J connectivity index is 1.91. The molecule has 2 aromatic rings. The van der Waals surface area contributed by atoms with Crippen LogP contribution in [-0.2, 0) is 4.79 Å². The predicted octanol–water partition coefficient (Wildman–Crippen LogP) is 3.91. The van der Waals surface area contributed by atoms with E-state index >= 15 is 0 Å². The van der Waals surface area contributed by atoms with Crippen molar-refractivity contribution in [3.8, 4) is 11.5 Å². The molecule has 126 valence electrons. The van der Waals surface area contributed by atoms with Crippen LogP contribution in [0.5, 0.6) is 11.5 Å². The van der Waals surface area contributed by atoms with Gasteiger partial charge in [-0.25, -0.2) is 0 Å². The first-order valence-electron chi connectivity index (χ1n) is 7.92. The largest absolute Gasteiger partial charge is 0.497 e. The van der Waals surface area contributed by atoms with E-state index in [1.807, 2.05) is 53.4 Å². The second-order valence-corrected chi connectivity index (χ2v) is 6.92. The number of amides is 1. The van der Waals surface area contributed by atoms with E-state index in [9.17, 15) is 4.79 Å². The zero-order valence-corrected chi connectivity index (χ0v) is 14.9. The van der Waals surface area contributed by atoms with Crippen molar-refractivity contribution in [3.05, 3.63) is 54.1 Å². The van der Waals surface area contributed by atoms with Crippen molar-refractivity contribution in [1.82, 2.24) is 0 Å². The van der Waals surface area contributed by atoms with Crippen molar-refractivity contribution in [1.29, 1.82) is 0 Å². The Morgan fingerprint density at radius 2 is 1.50 bits per heavy atom. The molecule has 1 aliphatic rings. The Hall–Kier alpha value is -2.14. The lowest BCUT2D eigenvalue weighted by Gasteiger charge is -2.47. The highest BCUT2D eigenvalue weighted by Crippen LogP contribution is 2.45. The standard InChI is InChI=1S/C19H21NO3S/c1-4-24-18-17(13-5-9-15(22-2)10-6-13)20(19(18)21)14-7-11-16(23-3)12-8-14/h5-12,17-18H,4H2,1-3H3/t17-,18+/m1/s1. The third-order valence-electron chi connectivity index (χ3n) is 4.20. The molecule has 0 aromatic heterocycles. The third kappa shape index (κ3) is 2.96. The molecule has 1 saturated heterocycles. The van der Waals surface area contributed by atoms with Gasteiger partial charge in [-0.3, -0.25) is 4.79 Å². The number of nitrogens with zero attached hydrogens (tertiary/aromatic N) is 1. The van der Waals surface area contributed by atoms with Crippen LogP contribution in [0.25, 0.3) is 0 Å². The molecule has 24 heavy (non-hydrogen) atoms. The van der Waals surface area contributed by atoms with Crippen molar-refractivity contribution in [2.45, 2.75) is 18.2 Å².